The zero-order valence-corrected chi connectivity index (χ0v) is 15.5. The van der Waals surface area contributed by atoms with Crippen LogP contribution in [-0.2, 0) is 14.7 Å². The SMILES string of the molecule is N/C(=C\N(N)CC1CCCCN1C(=O)NOS(=O)(=O)O)C1CCNCC1. The van der Waals surface area contributed by atoms with E-state index in [1.807, 2.05) is 0 Å². The average molecular weight is 392 g/mol. The Kier molecular flexibility index (Phi) is 7.46. The van der Waals surface area contributed by atoms with E-state index in [0.29, 0.717) is 19.5 Å². The summed E-state index contributed by atoms with van der Waals surface area (Å²) in [5.74, 6) is 6.34. The van der Waals surface area contributed by atoms with Gasteiger partial charge in [0, 0.05) is 24.4 Å². The third-order valence-electron chi connectivity index (χ3n) is 4.67. The van der Waals surface area contributed by atoms with Crippen LogP contribution < -0.4 is 22.4 Å². The maximum Gasteiger partial charge on any atom is 0.418 e. The molecule has 2 heterocycles. The average Bonchev–Trinajstić information content (AvgIpc) is 2.60. The van der Waals surface area contributed by atoms with Gasteiger partial charge in [0.05, 0.1) is 12.6 Å². The summed E-state index contributed by atoms with van der Waals surface area (Å²) in [6.45, 7) is 2.64. The third-order valence-corrected chi connectivity index (χ3v) is 4.96. The van der Waals surface area contributed by atoms with Crippen LogP contribution in [0.25, 0.3) is 0 Å². The Morgan fingerprint density at radius 1 is 1.35 bits per heavy atom. The number of amides is 2. The van der Waals surface area contributed by atoms with Crippen molar-refractivity contribution in [3.05, 3.63) is 11.9 Å². The lowest BCUT2D eigenvalue weighted by Crippen LogP contribution is -2.53. The largest absolute Gasteiger partial charge is 0.418 e. The van der Waals surface area contributed by atoms with E-state index in [-0.39, 0.29) is 12.0 Å². The highest BCUT2D eigenvalue weighted by atomic mass is 32.3. The Hall–Kier alpha value is -1.60. The number of allylic oxidation sites excluding steroid dienone is 1. The number of carbonyl (C=O) groups excluding carboxylic acids is 1. The van der Waals surface area contributed by atoms with Crippen LogP contribution in [0, 0.1) is 5.92 Å². The number of nitrogens with two attached hydrogens (primary N) is 2. The highest BCUT2D eigenvalue weighted by Gasteiger charge is 2.28. The van der Waals surface area contributed by atoms with Gasteiger partial charge in [-0.2, -0.15) is 13.9 Å². The van der Waals surface area contributed by atoms with Crippen molar-refractivity contribution in [2.75, 3.05) is 26.2 Å². The van der Waals surface area contributed by atoms with Gasteiger partial charge in [-0.25, -0.2) is 10.6 Å². The molecule has 0 aromatic carbocycles. The molecule has 2 amide bonds. The second kappa shape index (κ2) is 9.37. The van der Waals surface area contributed by atoms with Crippen LogP contribution in [0.4, 0.5) is 4.79 Å². The molecule has 1 atom stereocenters. The molecular formula is C14H28N6O5S. The Morgan fingerprint density at radius 3 is 2.69 bits per heavy atom. The minimum Gasteiger partial charge on any atom is -0.401 e. The minimum absolute atomic E-state index is 0.226. The molecule has 26 heavy (non-hydrogen) atoms. The zero-order chi connectivity index (χ0) is 19.2. The fraction of sp³-hybridized carbons (Fsp3) is 0.786. The number of nitrogens with zero attached hydrogens (tertiary/aromatic N) is 2. The third kappa shape index (κ3) is 6.61. The normalized spacial score (nSPS) is 22.9. The van der Waals surface area contributed by atoms with Crippen molar-refractivity contribution in [3.63, 3.8) is 0 Å². The Labute approximate surface area is 153 Å². The van der Waals surface area contributed by atoms with E-state index in [2.05, 4.69) is 9.60 Å². The molecule has 150 valence electrons. The molecule has 2 fully saturated rings. The molecule has 12 heteroatoms. The van der Waals surface area contributed by atoms with Crippen LogP contribution in [0.5, 0.6) is 0 Å². The summed E-state index contributed by atoms with van der Waals surface area (Å²) < 4.78 is 33.7. The quantitative estimate of drug-likeness (QED) is 0.222. The van der Waals surface area contributed by atoms with Crippen molar-refractivity contribution in [1.82, 2.24) is 20.7 Å². The lowest BCUT2D eigenvalue weighted by atomic mass is 9.95. The fourth-order valence-corrected chi connectivity index (χ4v) is 3.53. The highest BCUT2D eigenvalue weighted by Crippen LogP contribution is 2.20. The molecule has 0 radical (unpaired) electrons. The summed E-state index contributed by atoms with van der Waals surface area (Å²) in [6, 6.07) is -0.966. The number of piperidine rings is 2. The van der Waals surface area contributed by atoms with Crippen molar-refractivity contribution >= 4 is 16.4 Å². The number of hydrogen-bond acceptors (Lipinski definition) is 8. The van der Waals surface area contributed by atoms with Crippen LogP contribution in [0.3, 0.4) is 0 Å². The second-order valence-electron chi connectivity index (χ2n) is 6.61. The first kappa shape index (κ1) is 20.7. The van der Waals surface area contributed by atoms with E-state index >= 15 is 0 Å². The summed E-state index contributed by atoms with van der Waals surface area (Å²) in [7, 11) is -4.75. The number of hydrogen-bond donors (Lipinski definition) is 5. The molecule has 2 aliphatic heterocycles. The van der Waals surface area contributed by atoms with Crippen molar-refractivity contribution in [2.24, 2.45) is 17.5 Å². The van der Waals surface area contributed by atoms with Gasteiger partial charge in [0.25, 0.3) is 0 Å². The van der Waals surface area contributed by atoms with E-state index in [1.54, 1.807) is 11.7 Å². The van der Waals surface area contributed by atoms with Gasteiger partial charge in [0.2, 0.25) is 0 Å². The van der Waals surface area contributed by atoms with Gasteiger partial charge in [0.1, 0.15) is 0 Å². The molecule has 2 saturated heterocycles. The molecule has 11 nitrogen and oxygen atoms in total. The molecule has 2 rings (SSSR count). The Morgan fingerprint density at radius 2 is 2.04 bits per heavy atom. The van der Waals surface area contributed by atoms with E-state index in [9.17, 15) is 13.2 Å². The van der Waals surface area contributed by atoms with Gasteiger partial charge in [-0.1, -0.05) is 0 Å². The van der Waals surface area contributed by atoms with Gasteiger partial charge in [-0.15, -0.1) is 4.28 Å². The van der Waals surface area contributed by atoms with Gasteiger partial charge in [0.15, 0.2) is 0 Å². The molecule has 0 bridgehead atoms. The van der Waals surface area contributed by atoms with Gasteiger partial charge in [-0.05, 0) is 45.2 Å². The van der Waals surface area contributed by atoms with Gasteiger partial charge >= 0.3 is 16.4 Å². The number of hydrazine groups is 1. The lowest BCUT2D eigenvalue weighted by Gasteiger charge is -2.37. The summed E-state index contributed by atoms with van der Waals surface area (Å²) in [5.41, 5.74) is 8.60. The molecular weight excluding hydrogens is 364 g/mol. The predicted molar refractivity (Wildman–Crippen MR) is 94.3 cm³/mol. The number of hydroxylamine groups is 1. The van der Waals surface area contributed by atoms with Crippen LogP contribution in [0.1, 0.15) is 32.1 Å². The maximum absolute atomic E-state index is 12.1. The zero-order valence-electron chi connectivity index (χ0n) is 14.6. The van der Waals surface area contributed by atoms with Gasteiger partial charge < -0.3 is 21.0 Å². The summed E-state index contributed by atoms with van der Waals surface area (Å²) in [5, 5.41) is 4.75. The smallest absolute Gasteiger partial charge is 0.401 e. The van der Waals surface area contributed by atoms with E-state index < -0.39 is 16.4 Å². The van der Waals surface area contributed by atoms with Crippen LogP contribution in [0.15, 0.2) is 11.9 Å². The monoisotopic (exact) mass is 392 g/mol. The number of likely N-dealkylation sites (tertiary alicyclic amines) is 1. The molecule has 0 spiro atoms. The Bertz CT molecular complexity index is 607. The minimum atomic E-state index is -4.75. The summed E-state index contributed by atoms with van der Waals surface area (Å²) in [4.78, 5) is 13.6. The molecule has 0 aromatic rings. The summed E-state index contributed by atoms with van der Waals surface area (Å²) in [6.07, 6.45) is 6.05. The van der Waals surface area contributed by atoms with E-state index in [4.69, 9.17) is 16.1 Å². The first-order valence-electron chi connectivity index (χ1n) is 8.68. The molecule has 7 N–H and O–H groups in total. The second-order valence-corrected chi connectivity index (χ2v) is 7.63. The first-order chi connectivity index (χ1) is 12.3. The predicted octanol–water partition coefficient (Wildman–Crippen LogP) is -0.740. The van der Waals surface area contributed by atoms with Crippen LogP contribution >= 0.6 is 0 Å². The highest BCUT2D eigenvalue weighted by molar-refractivity contribution is 7.80. The lowest BCUT2D eigenvalue weighted by molar-refractivity contribution is 0.0976. The molecule has 0 aliphatic carbocycles. The van der Waals surface area contributed by atoms with Crippen molar-refractivity contribution in [2.45, 2.75) is 38.1 Å². The van der Waals surface area contributed by atoms with Crippen molar-refractivity contribution in [3.8, 4) is 0 Å². The van der Waals surface area contributed by atoms with Crippen LogP contribution in [0.2, 0.25) is 0 Å². The first-order valence-corrected chi connectivity index (χ1v) is 10.0. The standard InChI is InChI=1S/C14H28N6O5S/c15-13(11-4-6-17-7-5-11)10-19(16)9-12-3-1-2-8-20(12)14(21)18-25-26(22,23)24/h10-12,17H,1-9,15-16H2,(H,18,21)(H,22,23,24)/b13-10-. The Balaban J connectivity index is 1.92. The topological polar surface area (TPSA) is 163 Å². The number of carbonyl (C=O) groups is 1. The molecule has 0 saturated carbocycles. The number of urea groups is 1. The van der Waals surface area contributed by atoms with Crippen molar-refractivity contribution < 1.29 is 22.0 Å². The van der Waals surface area contributed by atoms with E-state index in [0.717, 1.165) is 44.5 Å². The van der Waals surface area contributed by atoms with E-state index in [1.165, 1.54) is 9.91 Å². The van der Waals surface area contributed by atoms with Gasteiger partial charge in [-0.3, -0.25) is 4.55 Å². The number of nitrogens with one attached hydrogen (secondary N) is 2. The van der Waals surface area contributed by atoms with Crippen LogP contribution in [-0.4, -0.2) is 61.1 Å². The van der Waals surface area contributed by atoms with Crippen molar-refractivity contribution in [1.29, 1.82) is 0 Å². The molecule has 1 unspecified atom stereocenters. The maximum atomic E-state index is 12.1. The molecule has 0 aromatic heterocycles. The summed E-state index contributed by atoms with van der Waals surface area (Å²) >= 11 is 0. The molecule has 2 aliphatic rings. The number of rotatable bonds is 6. The fourth-order valence-electron chi connectivity index (χ4n) is 3.35.